The molecule has 0 aliphatic heterocycles. The van der Waals surface area contributed by atoms with Crippen molar-refractivity contribution in [3.8, 4) is 0 Å². The first kappa shape index (κ1) is 26.2. The molecule has 2 aromatic carbocycles. The van der Waals surface area contributed by atoms with Crippen LogP contribution < -0.4 is 10.6 Å². The Labute approximate surface area is 192 Å². The average Bonchev–Trinajstić information content (AvgIpc) is 2.80. The van der Waals surface area contributed by atoms with Crippen molar-refractivity contribution < 1.29 is 33.0 Å². The van der Waals surface area contributed by atoms with Crippen LogP contribution in [0.2, 0.25) is 0 Å². The lowest BCUT2D eigenvalue weighted by Gasteiger charge is -2.18. The maximum absolute atomic E-state index is 14.4. The van der Waals surface area contributed by atoms with E-state index in [1.54, 1.807) is 0 Å². The quantitative estimate of drug-likeness (QED) is 0.330. The number of nitrogens with one attached hydrogen (secondary N) is 2. The normalized spacial score (nSPS) is 11.2. The number of anilines is 1. The number of hydrogen-bond donors (Lipinski definition) is 3. The molecule has 2 amide bonds. The molecular formula is C24H30F2N2O5. The molecule has 2 aromatic rings. The van der Waals surface area contributed by atoms with E-state index in [0.717, 1.165) is 30.9 Å². The van der Waals surface area contributed by atoms with E-state index in [2.05, 4.69) is 10.6 Å². The summed E-state index contributed by atoms with van der Waals surface area (Å²) in [6.45, 7) is 0.142. The van der Waals surface area contributed by atoms with Gasteiger partial charge < -0.3 is 25.2 Å². The molecule has 0 radical (unpaired) electrons. The Bertz CT molecular complexity index is 865. The van der Waals surface area contributed by atoms with Crippen molar-refractivity contribution in [2.24, 2.45) is 0 Å². The molecule has 0 saturated heterocycles. The van der Waals surface area contributed by atoms with Crippen LogP contribution >= 0.6 is 0 Å². The van der Waals surface area contributed by atoms with Gasteiger partial charge in [-0.05, 0) is 30.5 Å². The predicted octanol–water partition coefficient (Wildman–Crippen LogP) is 4.78. The zero-order chi connectivity index (χ0) is 23.9. The number of carbonyl (C=O) groups is 2. The molecule has 0 spiro atoms. The van der Waals surface area contributed by atoms with Crippen molar-refractivity contribution in [1.82, 2.24) is 5.32 Å². The Kier molecular flexibility index (Phi) is 11.3. The monoisotopic (exact) mass is 464 g/mol. The van der Waals surface area contributed by atoms with Gasteiger partial charge in [0.15, 0.2) is 0 Å². The second kappa shape index (κ2) is 14.2. The number of carbonyl (C=O) groups excluding carboxylic acids is 1. The first-order chi connectivity index (χ1) is 15.9. The zero-order valence-electron chi connectivity index (χ0n) is 18.4. The summed E-state index contributed by atoms with van der Waals surface area (Å²) in [5.74, 6) is -4.43. The number of urea groups is 1. The SMILES string of the molecule is O=C(O)CNC(=O)Nc1cccc(C(F)(F)COCCCCCCOCc2ccccc2)c1. The third-order valence-electron chi connectivity index (χ3n) is 4.67. The molecule has 0 bridgehead atoms. The van der Waals surface area contributed by atoms with E-state index < -0.39 is 31.1 Å². The fraction of sp³-hybridized carbons (Fsp3) is 0.417. The Morgan fingerprint density at radius 3 is 2.30 bits per heavy atom. The van der Waals surface area contributed by atoms with E-state index in [9.17, 15) is 18.4 Å². The summed E-state index contributed by atoms with van der Waals surface area (Å²) < 4.78 is 39.7. The van der Waals surface area contributed by atoms with Crippen LogP contribution in [0.25, 0.3) is 0 Å². The lowest BCUT2D eigenvalue weighted by Crippen LogP contribution is -2.33. The van der Waals surface area contributed by atoms with Gasteiger partial charge in [0.1, 0.15) is 13.2 Å². The summed E-state index contributed by atoms with van der Waals surface area (Å²) in [5, 5.41) is 13.0. The van der Waals surface area contributed by atoms with Crippen LogP contribution in [0.4, 0.5) is 19.3 Å². The molecule has 3 N–H and O–H groups in total. The molecule has 0 saturated carbocycles. The predicted molar refractivity (Wildman–Crippen MR) is 120 cm³/mol. The summed E-state index contributed by atoms with van der Waals surface area (Å²) in [6.07, 6.45) is 3.39. The molecule has 0 aliphatic carbocycles. The van der Waals surface area contributed by atoms with Crippen LogP contribution in [-0.2, 0) is 26.8 Å². The molecule has 180 valence electrons. The standard InChI is InChI=1S/C24H30F2N2O5/c25-24(26,20-11-8-12-21(15-20)28-23(31)27-16-22(29)30)18-33-14-7-2-1-6-13-32-17-19-9-4-3-5-10-19/h3-5,8-12,15H,1-2,6-7,13-14,16-18H2,(H,29,30)(H2,27,28,31). The summed E-state index contributed by atoms with van der Waals surface area (Å²) in [5.41, 5.74) is 0.966. The minimum absolute atomic E-state index is 0.129. The molecule has 33 heavy (non-hydrogen) atoms. The van der Waals surface area contributed by atoms with Gasteiger partial charge in [0.2, 0.25) is 0 Å². The summed E-state index contributed by atoms with van der Waals surface area (Å²) in [7, 11) is 0. The Balaban J connectivity index is 1.59. The third kappa shape index (κ3) is 10.9. The number of ether oxygens (including phenoxy) is 2. The smallest absolute Gasteiger partial charge is 0.323 e. The van der Waals surface area contributed by atoms with Crippen LogP contribution in [0.5, 0.6) is 0 Å². The van der Waals surface area contributed by atoms with Gasteiger partial charge in [-0.15, -0.1) is 0 Å². The van der Waals surface area contributed by atoms with Crippen molar-refractivity contribution in [1.29, 1.82) is 0 Å². The van der Waals surface area contributed by atoms with E-state index in [0.29, 0.717) is 19.6 Å². The van der Waals surface area contributed by atoms with Crippen molar-refractivity contribution in [2.75, 3.05) is 31.7 Å². The van der Waals surface area contributed by atoms with Crippen molar-refractivity contribution in [2.45, 2.75) is 38.2 Å². The van der Waals surface area contributed by atoms with Gasteiger partial charge in [-0.1, -0.05) is 55.3 Å². The van der Waals surface area contributed by atoms with E-state index in [4.69, 9.17) is 14.6 Å². The number of aliphatic carboxylic acids is 1. The lowest BCUT2D eigenvalue weighted by atomic mass is 10.1. The van der Waals surface area contributed by atoms with Crippen LogP contribution in [0.3, 0.4) is 0 Å². The summed E-state index contributed by atoms with van der Waals surface area (Å²) in [4.78, 5) is 22.0. The Morgan fingerprint density at radius 1 is 0.909 bits per heavy atom. The molecule has 0 aromatic heterocycles. The van der Waals surface area contributed by atoms with Gasteiger partial charge in [-0.2, -0.15) is 8.78 Å². The van der Waals surface area contributed by atoms with E-state index in [-0.39, 0.29) is 17.9 Å². The van der Waals surface area contributed by atoms with Gasteiger partial charge in [-0.25, -0.2) is 4.79 Å². The number of unbranched alkanes of at least 4 members (excludes halogenated alkanes) is 3. The van der Waals surface area contributed by atoms with Crippen molar-refractivity contribution in [3.05, 3.63) is 65.7 Å². The maximum atomic E-state index is 14.4. The molecule has 0 unspecified atom stereocenters. The Hall–Kier alpha value is -3.04. The fourth-order valence-electron chi connectivity index (χ4n) is 2.97. The van der Waals surface area contributed by atoms with Gasteiger partial charge in [0.05, 0.1) is 6.61 Å². The van der Waals surface area contributed by atoms with Crippen LogP contribution in [0.15, 0.2) is 54.6 Å². The highest BCUT2D eigenvalue weighted by atomic mass is 19.3. The molecule has 2 rings (SSSR count). The van der Waals surface area contributed by atoms with Crippen LogP contribution in [0.1, 0.15) is 36.8 Å². The Morgan fingerprint density at radius 2 is 1.61 bits per heavy atom. The molecule has 0 atom stereocenters. The number of benzene rings is 2. The molecule has 0 fully saturated rings. The number of carboxylic acid groups (broad SMARTS) is 1. The number of hydrogen-bond acceptors (Lipinski definition) is 4. The maximum Gasteiger partial charge on any atom is 0.323 e. The first-order valence-electron chi connectivity index (χ1n) is 10.8. The highest BCUT2D eigenvalue weighted by Crippen LogP contribution is 2.30. The topological polar surface area (TPSA) is 96.9 Å². The van der Waals surface area contributed by atoms with Crippen molar-refractivity contribution >= 4 is 17.7 Å². The number of alkyl halides is 2. The molecule has 0 heterocycles. The average molecular weight is 465 g/mol. The summed E-state index contributed by atoms with van der Waals surface area (Å²) >= 11 is 0. The van der Waals surface area contributed by atoms with Crippen LogP contribution in [0, 0.1) is 0 Å². The third-order valence-corrected chi connectivity index (χ3v) is 4.67. The van der Waals surface area contributed by atoms with E-state index in [1.807, 2.05) is 30.3 Å². The molecule has 9 heteroatoms. The minimum atomic E-state index is -3.22. The fourth-order valence-corrected chi connectivity index (χ4v) is 2.97. The van der Waals surface area contributed by atoms with Gasteiger partial charge in [0.25, 0.3) is 5.92 Å². The van der Waals surface area contributed by atoms with Gasteiger partial charge >= 0.3 is 12.0 Å². The zero-order valence-corrected chi connectivity index (χ0v) is 18.4. The molecular weight excluding hydrogens is 434 g/mol. The second-order valence-electron chi connectivity index (χ2n) is 7.49. The van der Waals surface area contributed by atoms with E-state index in [1.165, 1.54) is 18.2 Å². The lowest BCUT2D eigenvalue weighted by molar-refractivity contribution is -0.135. The second-order valence-corrected chi connectivity index (χ2v) is 7.49. The first-order valence-corrected chi connectivity index (χ1v) is 10.8. The number of rotatable bonds is 15. The van der Waals surface area contributed by atoms with Crippen molar-refractivity contribution in [3.63, 3.8) is 0 Å². The van der Waals surface area contributed by atoms with E-state index >= 15 is 0 Å². The largest absolute Gasteiger partial charge is 0.480 e. The van der Waals surface area contributed by atoms with Gasteiger partial charge in [-0.3, -0.25) is 4.79 Å². The summed E-state index contributed by atoms with van der Waals surface area (Å²) in [6, 6.07) is 14.3. The number of carboxylic acids is 1. The van der Waals surface area contributed by atoms with Crippen LogP contribution in [-0.4, -0.2) is 43.5 Å². The highest BCUT2D eigenvalue weighted by molar-refractivity contribution is 5.91. The minimum Gasteiger partial charge on any atom is -0.480 e. The van der Waals surface area contributed by atoms with Gasteiger partial charge in [0, 0.05) is 24.5 Å². The number of halogens is 2. The molecule has 7 nitrogen and oxygen atoms in total. The highest BCUT2D eigenvalue weighted by Gasteiger charge is 2.32. The number of amides is 2. The molecule has 0 aliphatic rings.